The van der Waals surface area contributed by atoms with Crippen LogP contribution in [-0.2, 0) is 9.53 Å². The molecule has 2 rings (SSSR count). The number of carbonyl (C=O) groups excluding carboxylic acids is 1. The number of hydrogen-bond donors (Lipinski definition) is 1. The van der Waals surface area contributed by atoms with Crippen LogP contribution in [0, 0.1) is 11.7 Å². The molecule has 146 valence electrons. The van der Waals surface area contributed by atoms with Crippen LogP contribution in [0.15, 0.2) is 29.3 Å². The highest BCUT2D eigenvalue weighted by Crippen LogP contribution is 2.19. The summed E-state index contributed by atoms with van der Waals surface area (Å²) in [6.45, 7) is 3.85. The highest BCUT2D eigenvalue weighted by molar-refractivity contribution is 14.0. The summed E-state index contributed by atoms with van der Waals surface area (Å²) in [5.74, 6) is 0.443. The number of piperidine rings is 1. The van der Waals surface area contributed by atoms with E-state index in [4.69, 9.17) is 9.47 Å². The Morgan fingerprint density at radius 2 is 2.04 bits per heavy atom. The second kappa shape index (κ2) is 11.2. The molecule has 1 aliphatic rings. The van der Waals surface area contributed by atoms with Gasteiger partial charge in [0.1, 0.15) is 6.10 Å². The van der Waals surface area contributed by atoms with E-state index in [1.165, 1.54) is 13.2 Å². The number of guanidine groups is 1. The normalized spacial score (nSPS) is 16.5. The van der Waals surface area contributed by atoms with Crippen molar-refractivity contribution in [3.8, 4) is 5.75 Å². The molecular formula is C18H27FIN3O3. The van der Waals surface area contributed by atoms with Gasteiger partial charge in [0.05, 0.1) is 19.6 Å². The Morgan fingerprint density at radius 3 is 2.62 bits per heavy atom. The van der Waals surface area contributed by atoms with Gasteiger partial charge in [0.15, 0.2) is 17.5 Å². The number of nitrogens with one attached hydrogen (secondary N) is 1. The van der Waals surface area contributed by atoms with Crippen molar-refractivity contribution in [2.75, 3.05) is 33.8 Å². The largest absolute Gasteiger partial charge is 0.486 e. The van der Waals surface area contributed by atoms with E-state index in [-0.39, 0.29) is 53.5 Å². The van der Waals surface area contributed by atoms with Gasteiger partial charge in [-0.25, -0.2) is 4.39 Å². The molecule has 0 aromatic heterocycles. The van der Waals surface area contributed by atoms with Gasteiger partial charge in [-0.1, -0.05) is 12.1 Å². The molecule has 1 heterocycles. The number of aliphatic imine (C=N–C) groups is 1. The van der Waals surface area contributed by atoms with Gasteiger partial charge in [-0.05, 0) is 31.9 Å². The van der Waals surface area contributed by atoms with Crippen molar-refractivity contribution in [3.05, 3.63) is 30.1 Å². The van der Waals surface area contributed by atoms with Crippen LogP contribution in [0.3, 0.4) is 0 Å². The quantitative estimate of drug-likeness (QED) is 0.305. The Kier molecular flexibility index (Phi) is 9.68. The van der Waals surface area contributed by atoms with E-state index in [0.29, 0.717) is 6.54 Å². The molecule has 6 nitrogen and oxygen atoms in total. The van der Waals surface area contributed by atoms with Crippen LogP contribution in [0.2, 0.25) is 0 Å². The van der Waals surface area contributed by atoms with Gasteiger partial charge in [0.2, 0.25) is 0 Å². The first kappa shape index (κ1) is 22.5. The van der Waals surface area contributed by atoms with Gasteiger partial charge in [-0.15, -0.1) is 24.0 Å². The van der Waals surface area contributed by atoms with Crippen molar-refractivity contribution in [1.82, 2.24) is 10.2 Å². The van der Waals surface area contributed by atoms with E-state index < -0.39 is 0 Å². The molecule has 8 heteroatoms. The van der Waals surface area contributed by atoms with E-state index in [0.717, 1.165) is 31.9 Å². The van der Waals surface area contributed by atoms with Crippen LogP contribution in [0.1, 0.15) is 19.8 Å². The predicted octanol–water partition coefficient (Wildman–Crippen LogP) is 2.67. The summed E-state index contributed by atoms with van der Waals surface area (Å²) < 4.78 is 24.0. The van der Waals surface area contributed by atoms with Gasteiger partial charge < -0.3 is 19.7 Å². The molecule has 1 saturated heterocycles. The maximum Gasteiger partial charge on any atom is 0.308 e. The number of likely N-dealkylation sites (tertiary alicyclic amines) is 1. The number of rotatable bonds is 5. The lowest BCUT2D eigenvalue weighted by molar-refractivity contribution is -0.146. The molecule has 1 atom stereocenters. The minimum absolute atomic E-state index is 0. The molecule has 26 heavy (non-hydrogen) atoms. The summed E-state index contributed by atoms with van der Waals surface area (Å²) in [7, 11) is 3.14. The molecule has 1 N–H and O–H groups in total. The first-order valence-electron chi connectivity index (χ1n) is 8.49. The highest BCUT2D eigenvalue weighted by Gasteiger charge is 2.27. The van der Waals surface area contributed by atoms with Crippen molar-refractivity contribution < 1.29 is 18.7 Å². The maximum atomic E-state index is 13.6. The van der Waals surface area contributed by atoms with E-state index in [1.807, 2.05) is 6.92 Å². The predicted molar refractivity (Wildman–Crippen MR) is 110 cm³/mol. The zero-order valence-corrected chi connectivity index (χ0v) is 17.7. The molecule has 0 saturated carbocycles. The molecule has 1 aromatic carbocycles. The van der Waals surface area contributed by atoms with Crippen molar-refractivity contribution in [1.29, 1.82) is 0 Å². The molecule has 0 radical (unpaired) electrons. The van der Waals surface area contributed by atoms with Gasteiger partial charge in [0, 0.05) is 20.1 Å². The third kappa shape index (κ3) is 6.30. The zero-order chi connectivity index (χ0) is 18.2. The lowest BCUT2D eigenvalue weighted by Crippen LogP contribution is -2.48. The Hall–Kier alpha value is -1.58. The van der Waals surface area contributed by atoms with Crippen LogP contribution < -0.4 is 10.1 Å². The fraction of sp³-hybridized carbons (Fsp3) is 0.556. The second-order valence-electron chi connectivity index (χ2n) is 6.07. The van der Waals surface area contributed by atoms with E-state index >= 15 is 0 Å². The number of benzene rings is 1. The Labute approximate surface area is 171 Å². The first-order valence-corrected chi connectivity index (χ1v) is 8.49. The number of hydrogen-bond acceptors (Lipinski definition) is 4. The summed E-state index contributed by atoms with van der Waals surface area (Å²) >= 11 is 0. The van der Waals surface area contributed by atoms with Crippen molar-refractivity contribution in [3.63, 3.8) is 0 Å². The Morgan fingerprint density at radius 1 is 1.38 bits per heavy atom. The number of methoxy groups -OCH3 is 1. The first-order chi connectivity index (χ1) is 12.0. The molecule has 1 aliphatic heterocycles. The number of esters is 1. The van der Waals surface area contributed by atoms with Crippen LogP contribution >= 0.6 is 24.0 Å². The summed E-state index contributed by atoms with van der Waals surface area (Å²) in [6, 6.07) is 6.35. The number of carbonyl (C=O) groups is 1. The molecular weight excluding hydrogens is 452 g/mol. The summed E-state index contributed by atoms with van der Waals surface area (Å²) in [4.78, 5) is 18.0. The standard InChI is InChI=1S/C18H26FN3O3.HI/c1-13(25-16-7-5-4-6-15(16)19)12-21-18(20-2)22-10-8-14(9-11-22)17(23)24-3;/h4-7,13-14H,8-12H2,1-3H3,(H,20,21);1H. The second-order valence-corrected chi connectivity index (χ2v) is 6.07. The van der Waals surface area contributed by atoms with Crippen LogP contribution in [0.5, 0.6) is 5.75 Å². The minimum atomic E-state index is -0.372. The number of para-hydroxylation sites is 1. The molecule has 0 spiro atoms. The summed E-state index contributed by atoms with van der Waals surface area (Å²) in [5.41, 5.74) is 0. The SMILES string of the molecule is CN=C(NCC(C)Oc1ccccc1F)N1CCC(C(=O)OC)CC1.I. The van der Waals surface area contributed by atoms with Crippen LogP contribution in [-0.4, -0.2) is 56.7 Å². The van der Waals surface area contributed by atoms with E-state index in [1.54, 1.807) is 25.2 Å². The number of nitrogens with zero attached hydrogens (tertiary/aromatic N) is 2. The van der Waals surface area contributed by atoms with Gasteiger partial charge in [0.25, 0.3) is 0 Å². The molecule has 0 bridgehead atoms. The topological polar surface area (TPSA) is 63.2 Å². The Bertz CT molecular complexity index is 607. The minimum Gasteiger partial charge on any atom is -0.486 e. The average Bonchev–Trinajstić information content (AvgIpc) is 2.64. The lowest BCUT2D eigenvalue weighted by atomic mass is 9.97. The van der Waals surface area contributed by atoms with Gasteiger partial charge >= 0.3 is 5.97 Å². The van der Waals surface area contributed by atoms with Crippen LogP contribution in [0.25, 0.3) is 0 Å². The lowest BCUT2D eigenvalue weighted by Gasteiger charge is -2.33. The Balaban J connectivity index is 0.00000338. The summed E-state index contributed by atoms with van der Waals surface area (Å²) in [6.07, 6.45) is 1.27. The fourth-order valence-electron chi connectivity index (χ4n) is 2.86. The van der Waals surface area contributed by atoms with E-state index in [2.05, 4.69) is 15.2 Å². The average molecular weight is 479 g/mol. The van der Waals surface area contributed by atoms with Crippen molar-refractivity contribution >= 4 is 35.9 Å². The molecule has 1 aromatic rings. The maximum absolute atomic E-state index is 13.6. The molecule has 0 aliphatic carbocycles. The highest BCUT2D eigenvalue weighted by atomic mass is 127. The van der Waals surface area contributed by atoms with Gasteiger partial charge in [-0.3, -0.25) is 9.79 Å². The third-order valence-electron chi connectivity index (χ3n) is 4.25. The summed E-state index contributed by atoms with van der Waals surface area (Å²) in [5, 5.41) is 3.25. The zero-order valence-electron chi connectivity index (χ0n) is 15.4. The number of ether oxygens (including phenoxy) is 2. The van der Waals surface area contributed by atoms with Crippen LogP contribution in [0.4, 0.5) is 4.39 Å². The molecule has 1 unspecified atom stereocenters. The van der Waals surface area contributed by atoms with Gasteiger partial charge in [-0.2, -0.15) is 0 Å². The smallest absolute Gasteiger partial charge is 0.308 e. The van der Waals surface area contributed by atoms with Crippen molar-refractivity contribution in [2.24, 2.45) is 10.9 Å². The number of halogens is 2. The monoisotopic (exact) mass is 479 g/mol. The van der Waals surface area contributed by atoms with Crippen molar-refractivity contribution in [2.45, 2.75) is 25.9 Å². The third-order valence-corrected chi connectivity index (χ3v) is 4.25. The molecule has 1 fully saturated rings. The molecule has 0 amide bonds. The fourth-order valence-corrected chi connectivity index (χ4v) is 2.86. The van der Waals surface area contributed by atoms with E-state index in [9.17, 15) is 9.18 Å².